The van der Waals surface area contributed by atoms with E-state index in [1.54, 1.807) is 13.8 Å². The topological polar surface area (TPSA) is 99.1 Å². The van der Waals surface area contributed by atoms with Gasteiger partial charge in [0.2, 0.25) is 0 Å². The van der Waals surface area contributed by atoms with Gasteiger partial charge in [0, 0.05) is 11.1 Å². The highest BCUT2D eigenvalue weighted by molar-refractivity contribution is 5.90. The van der Waals surface area contributed by atoms with Crippen LogP contribution in [0.1, 0.15) is 120 Å². The van der Waals surface area contributed by atoms with E-state index in [2.05, 4.69) is 51.8 Å². The van der Waals surface area contributed by atoms with Gasteiger partial charge in [-0.1, -0.05) is 77.5 Å². The van der Waals surface area contributed by atoms with Gasteiger partial charge in [-0.2, -0.15) is 0 Å². The minimum atomic E-state index is -0.719. The van der Waals surface area contributed by atoms with E-state index in [1.165, 1.54) is 62.5 Å². The number of hydrogen-bond donors (Lipinski definition) is 1. The number of carbonyl (C=O) groups excluding carboxylic acids is 3. The maximum Gasteiger partial charge on any atom is 0.341 e. The summed E-state index contributed by atoms with van der Waals surface area (Å²) in [6.45, 7) is 18.4. The van der Waals surface area contributed by atoms with E-state index < -0.39 is 24.5 Å². The molecule has 7 nitrogen and oxygen atoms in total. The molecule has 0 aliphatic heterocycles. The lowest BCUT2D eigenvalue weighted by Gasteiger charge is -2.29. The molecule has 0 aromatic heterocycles. The zero-order chi connectivity index (χ0) is 36.6. The van der Waals surface area contributed by atoms with E-state index in [9.17, 15) is 19.5 Å². The van der Waals surface area contributed by atoms with E-state index in [0.29, 0.717) is 48.5 Å². The molecule has 2 aromatic rings. The molecule has 1 aliphatic rings. The van der Waals surface area contributed by atoms with Crippen molar-refractivity contribution in [3.63, 3.8) is 0 Å². The molecule has 7 heteroatoms. The first-order valence-corrected chi connectivity index (χ1v) is 18.4. The normalized spacial score (nSPS) is 15.6. The van der Waals surface area contributed by atoms with E-state index in [0.717, 1.165) is 34.6 Å². The summed E-state index contributed by atoms with van der Waals surface area (Å²) in [7, 11) is 0. The zero-order valence-corrected chi connectivity index (χ0v) is 30.9. The highest BCUT2D eigenvalue weighted by Crippen LogP contribution is 2.40. The van der Waals surface area contributed by atoms with Crippen molar-refractivity contribution in [3.05, 3.63) is 89.0 Å². The summed E-state index contributed by atoms with van der Waals surface area (Å²) in [5.74, 6) is 0.197. The molecule has 1 fully saturated rings. The van der Waals surface area contributed by atoms with Crippen LogP contribution in [0.3, 0.4) is 0 Å². The van der Waals surface area contributed by atoms with Crippen molar-refractivity contribution < 1.29 is 33.7 Å². The van der Waals surface area contributed by atoms with Crippen LogP contribution in [0.25, 0.3) is 11.1 Å². The Labute approximate surface area is 299 Å². The van der Waals surface area contributed by atoms with Crippen molar-refractivity contribution in [1.82, 2.24) is 0 Å². The van der Waals surface area contributed by atoms with Crippen LogP contribution in [0, 0.1) is 5.92 Å². The number of aliphatic hydroxyl groups excluding tert-OH is 1. The fourth-order valence-electron chi connectivity index (χ4n) is 6.65. The van der Waals surface area contributed by atoms with Gasteiger partial charge in [0.25, 0.3) is 0 Å². The van der Waals surface area contributed by atoms with Crippen LogP contribution in [0.15, 0.2) is 66.8 Å². The van der Waals surface area contributed by atoms with Gasteiger partial charge in [0.15, 0.2) is 0 Å². The lowest BCUT2D eigenvalue weighted by atomic mass is 9.76. The summed E-state index contributed by atoms with van der Waals surface area (Å²) >= 11 is 0. The Kier molecular flexibility index (Phi) is 16.7. The predicted octanol–water partition coefficient (Wildman–Crippen LogP) is 9.33. The number of hydrogen-bond acceptors (Lipinski definition) is 7. The number of aryl methyl sites for hydroxylation is 3. The Hall–Kier alpha value is -3.97. The smallest absolute Gasteiger partial charge is 0.341 e. The van der Waals surface area contributed by atoms with Gasteiger partial charge >= 0.3 is 17.9 Å². The molecule has 0 amide bonds. The average Bonchev–Trinajstić information content (AvgIpc) is 3.11. The average molecular weight is 687 g/mol. The minimum Gasteiger partial charge on any atom is -0.462 e. The molecule has 272 valence electrons. The first-order valence-electron chi connectivity index (χ1n) is 18.4. The van der Waals surface area contributed by atoms with Gasteiger partial charge in [-0.05, 0) is 129 Å². The van der Waals surface area contributed by atoms with Crippen molar-refractivity contribution >= 4 is 17.9 Å². The van der Waals surface area contributed by atoms with Crippen LogP contribution in [-0.4, -0.2) is 42.8 Å². The molecule has 0 saturated heterocycles. The Balaban J connectivity index is 1.97. The van der Waals surface area contributed by atoms with E-state index >= 15 is 0 Å². The van der Waals surface area contributed by atoms with Gasteiger partial charge in [-0.15, -0.1) is 0 Å². The molecule has 0 atom stereocenters. The molecule has 0 bridgehead atoms. The molecule has 1 aliphatic carbocycles. The first-order chi connectivity index (χ1) is 24.0. The van der Waals surface area contributed by atoms with Crippen molar-refractivity contribution in [2.75, 3.05) is 19.8 Å². The molecule has 3 rings (SSSR count). The third-order valence-corrected chi connectivity index (χ3v) is 9.62. The molecule has 1 N–H and O–H groups in total. The van der Waals surface area contributed by atoms with E-state index in [-0.39, 0.29) is 18.8 Å². The van der Waals surface area contributed by atoms with Crippen molar-refractivity contribution in [2.24, 2.45) is 5.92 Å². The van der Waals surface area contributed by atoms with Gasteiger partial charge in [-0.3, -0.25) is 0 Å². The standard InChI is InChI=1S/C43H58O7/c1-8-10-11-14-32-17-19-34(20-18-32)35-21-22-39(33(9-2)25-35)38-26-36(15-12-23-48-41(45)29(3)4)40(50-43(47)31(7)28-44)37(27-38)16-13-24-49-42(46)30(5)6/h21-22,25-27,32,34,44H,3,5,7-20,23-24,28H2,1-2,4,6H3. The minimum absolute atomic E-state index is 0.0596. The van der Waals surface area contributed by atoms with Crippen molar-refractivity contribution in [2.45, 2.75) is 117 Å². The Morgan fingerprint density at radius 2 is 1.34 bits per heavy atom. The number of ether oxygens (including phenoxy) is 3. The molecule has 0 spiro atoms. The number of benzene rings is 2. The molecule has 0 radical (unpaired) electrons. The summed E-state index contributed by atoms with van der Waals surface area (Å²) < 4.78 is 16.6. The Morgan fingerprint density at radius 3 is 1.84 bits per heavy atom. The highest BCUT2D eigenvalue weighted by atomic mass is 16.5. The molecule has 1 saturated carbocycles. The maximum absolute atomic E-state index is 12.9. The highest BCUT2D eigenvalue weighted by Gasteiger charge is 2.24. The van der Waals surface area contributed by atoms with Crippen LogP contribution < -0.4 is 4.74 Å². The second kappa shape index (κ2) is 20.6. The lowest BCUT2D eigenvalue weighted by molar-refractivity contribution is -0.139. The second-order valence-corrected chi connectivity index (χ2v) is 13.8. The van der Waals surface area contributed by atoms with Crippen LogP contribution in [0.2, 0.25) is 0 Å². The summed E-state index contributed by atoms with van der Waals surface area (Å²) in [6, 6.07) is 11.0. The number of unbranched alkanes of at least 4 members (excludes halogenated alkanes) is 2. The van der Waals surface area contributed by atoms with Crippen molar-refractivity contribution in [3.8, 4) is 16.9 Å². The molecule has 2 aromatic carbocycles. The quantitative estimate of drug-likeness (QED) is 0.0641. The summed E-state index contributed by atoms with van der Waals surface area (Å²) in [5, 5.41) is 9.57. The lowest BCUT2D eigenvalue weighted by Crippen LogP contribution is -2.16. The van der Waals surface area contributed by atoms with E-state index in [1.807, 2.05) is 12.1 Å². The summed E-state index contributed by atoms with van der Waals surface area (Å²) in [5.41, 5.74) is 6.92. The number of aliphatic hydroxyl groups is 1. The third kappa shape index (κ3) is 12.1. The van der Waals surface area contributed by atoms with Crippen LogP contribution in [-0.2, 0) is 43.1 Å². The molecule has 0 heterocycles. The second-order valence-electron chi connectivity index (χ2n) is 13.8. The zero-order valence-electron chi connectivity index (χ0n) is 30.9. The Morgan fingerprint density at radius 1 is 0.760 bits per heavy atom. The molecule has 0 unspecified atom stereocenters. The summed E-state index contributed by atoms with van der Waals surface area (Å²) in [4.78, 5) is 37.0. The van der Waals surface area contributed by atoms with Crippen LogP contribution in [0.4, 0.5) is 0 Å². The first kappa shape index (κ1) is 40.5. The SMILES string of the molecule is C=C(C)C(=O)OCCCc1cc(-c2ccc(C3CCC(CCCCC)CC3)cc2CC)cc(CCCOC(=O)C(=C)C)c1OC(=O)C(=C)CO. The van der Waals surface area contributed by atoms with Gasteiger partial charge in [-0.25, -0.2) is 14.4 Å². The largest absolute Gasteiger partial charge is 0.462 e. The summed E-state index contributed by atoms with van der Waals surface area (Å²) in [6.07, 6.45) is 13.1. The van der Waals surface area contributed by atoms with Crippen LogP contribution in [0.5, 0.6) is 5.75 Å². The van der Waals surface area contributed by atoms with Gasteiger partial charge < -0.3 is 19.3 Å². The number of carbonyl (C=O) groups is 3. The molecule has 50 heavy (non-hydrogen) atoms. The van der Waals surface area contributed by atoms with Gasteiger partial charge in [0.1, 0.15) is 5.75 Å². The fourth-order valence-corrected chi connectivity index (χ4v) is 6.65. The van der Waals surface area contributed by atoms with Crippen molar-refractivity contribution in [1.29, 1.82) is 0 Å². The third-order valence-electron chi connectivity index (χ3n) is 9.62. The van der Waals surface area contributed by atoms with E-state index in [4.69, 9.17) is 14.2 Å². The maximum atomic E-state index is 12.9. The number of esters is 3. The van der Waals surface area contributed by atoms with Gasteiger partial charge in [0.05, 0.1) is 25.4 Å². The number of rotatable bonds is 20. The fraction of sp³-hybridized carbons (Fsp3) is 0.512. The molecular weight excluding hydrogens is 628 g/mol. The molecular formula is C43H58O7. The monoisotopic (exact) mass is 686 g/mol. The van der Waals surface area contributed by atoms with Crippen LogP contribution >= 0.6 is 0 Å². The Bertz CT molecular complexity index is 1450. The predicted molar refractivity (Wildman–Crippen MR) is 200 cm³/mol.